The highest BCUT2D eigenvalue weighted by Gasteiger charge is 2.05. The number of nitrogens with one attached hydrogen (secondary N) is 1. The molecule has 1 unspecified atom stereocenters. The summed E-state index contributed by atoms with van der Waals surface area (Å²) >= 11 is 1.98. The third-order valence-corrected chi connectivity index (χ3v) is 3.97. The van der Waals surface area contributed by atoms with Crippen LogP contribution >= 0.6 is 11.8 Å². The lowest BCUT2D eigenvalue weighted by atomic mass is 10.1. The zero-order valence-corrected chi connectivity index (χ0v) is 10.9. The van der Waals surface area contributed by atoms with Crippen molar-refractivity contribution in [3.8, 4) is 0 Å². The van der Waals surface area contributed by atoms with Crippen LogP contribution in [0.4, 0.5) is 0 Å². The lowest BCUT2D eigenvalue weighted by Crippen LogP contribution is -2.05. The van der Waals surface area contributed by atoms with Gasteiger partial charge in [-0.3, -0.25) is 0 Å². The molecule has 0 aliphatic rings. The first kappa shape index (κ1) is 12.6. The molecule has 1 aromatic carbocycles. The van der Waals surface area contributed by atoms with Crippen molar-refractivity contribution < 1.29 is 0 Å². The summed E-state index contributed by atoms with van der Waals surface area (Å²) < 4.78 is 0. The number of rotatable bonds is 5. The third-order valence-electron chi connectivity index (χ3n) is 2.52. The summed E-state index contributed by atoms with van der Waals surface area (Å²) in [6.07, 6.45) is 1.22. The van der Waals surface area contributed by atoms with E-state index in [0.717, 1.165) is 6.54 Å². The van der Waals surface area contributed by atoms with Gasteiger partial charge in [0.1, 0.15) is 0 Å². The van der Waals surface area contributed by atoms with E-state index in [-0.39, 0.29) is 0 Å². The van der Waals surface area contributed by atoms with Crippen LogP contribution in [0.5, 0.6) is 0 Å². The Hall–Kier alpha value is -0.470. The van der Waals surface area contributed by atoms with E-state index in [4.69, 9.17) is 0 Å². The van der Waals surface area contributed by atoms with Gasteiger partial charge in [-0.25, -0.2) is 0 Å². The van der Waals surface area contributed by atoms with E-state index in [0.29, 0.717) is 5.25 Å². The average molecular weight is 223 g/mol. The van der Waals surface area contributed by atoms with Gasteiger partial charge in [-0.1, -0.05) is 26.0 Å². The van der Waals surface area contributed by atoms with Crippen LogP contribution in [0.3, 0.4) is 0 Å². The summed E-state index contributed by atoms with van der Waals surface area (Å²) in [6, 6.07) is 6.74. The van der Waals surface area contributed by atoms with E-state index in [2.05, 4.69) is 44.3 Å². The molecular weight excluding hydrogens is 202 g/mol. The van der Waals surface area contributed by atoms with E-state index >= 15 is 0 Å². The van der Waals surface area contributed by atoms with Gasteiger partial charge in [0.05, 0.1) is 0 Å². The zero-order valence-electron chi connectivity index (χ0n) is 10.1. The first-order valence-corrected chi connectivity index (χ1v) is 6.46. The maximum absolute atomic E-state index is 3.18. The smallest absolute Gasteiger partial charge is 0.0202 e. The van der Waals surface area contributed by atoms with Crippen molar-refractivity contribution in [3.63, 3.8) is 0 Å². The standard InChI is InChI=1S/C13H21NS/c1-5-11(3)15-13-7-6-12(9-14-4)8-10(13)2/h6-8,11,14H,5,9H2,1-4H3. The van der Waals surface area contributed by atoms with Gasteiger partial charge in [0.15, 0.2) is 0 Å². The fourth-order valence-corrected chi connectivity index (χ4v) is 2.45. The first-order chi connectivity index (χ1) is 7.17. The SMILES string of the molecule is CCC(C)Sc1ccc(CNC)cc1C. The van der Waals surface area contributed by atoms with Gasteiger partial charge in [-0.05, 0) is 37.6 Å². The van der Waals surface area contributed by atoms with Gasteiger partial charge in [-0.2, -0.15) is 0 Å². The molecule has 0 amide bonds. The summed E-state index contributed by atoms with van der Waals surface area (Å²) in [4.78, 5) is 1.42. The molecule has 1 atom stereocenters. The molecule has 0 radical (unpaired) electrons. The predicted molar refractivity (Wildman–Crippen MR) is 69.6 cm³/mol. The van der Waals surface area contributed by atoms with Crippen LogP contribution in [-0.2, 0) is 6.54 Å². The number of thioether (sulfide) groups is 1. The fraction of sp³-hybridized carbons (Fsp3) is 0.538. The molecule has 1 nitrogen and oxygen atoms in total. The van der Waals surface area contributed by atoms with E-state index in [1.807, 2.05) is 18.8 Å². The molecular formula is C13H21NS. The highest BCUT2D eigenvalue weighted by molar-refractivity contribution is 8.00. The van der Waals surface area contributed by atoms with Gasteiger partial charge < -0.3 is 5.32 Å². The van der Waals surface area contributed by atoms with Gasteiger partial charge in [0, 0.05) is 16.7 Å². The van der Waals surface area contributed by atoms with E-state index in [1.54, 1.807) is 0 Å². The fourth-order valence-electron chi connectivity index (χ4n) is 1.46. The summed E-state index contributed by atoms with van der Waals surface area (Å²) in [6.45, 7) is 7.67. The first-order valence-electron chi connectivity index (χ1n) is 5.58. The van der Waals surface area contributed by atoms with Gasteiger partial charge in [0.2, 0.25) is 0 Å². The second kappa shape index (κ2) is 6.19. The molecule has 0 spiro atoms. The molecule has 0 bridgehead atoms. The Morgan fingerprint density at radius 3 is 2.67 bits per heavy atom. The van der Waals surface area contributed by atoms with Crippen LogP contribution in [-0.4, -0.2) is 12.3 Å². The number of aryl methyl sites for hydroxylation is 1. The molecule has 0 saturated carbocycles. The van der Waals surface area contributed by atoms with Crippen LogP contribution in [0, 0.1) is 6.92 Å². The van der Waals surface area contributed by atoms with Crippen molar-refractivity contribution in [2.75, 3.05) is 7.05 Å². The lowest BCUT2D eigenvalue weighted by Gasteiger charge is -2.12. The molecule has 0 saturated heterocycles. The quantitative estimate of drug-likeness (QED) is 0.765. The second-order valence-electron chi connectivity index (χ2n) is 3.97. The molecule has 1 N–H and O–H groups in total. The van der Waals surface area contributed by atoms with E-state index < -0.39 is 0 Å². The topological polar surface area (TPSA) is 12.0 Å². The number of benzene rings is 1. The van der Waals surface area contributed by atoms with Gasteiger partial charge in [0.25, 0.3) is 0 Å². The minimum Gasteiger partial charge on any atom is -0.316 e. The van der Waals surface area contributed by atoms with Crippen molar-refractivity contribution in [2.24, 2.45) is 0 Å². The molecule has 0 aliphatic heterocycles. The van der Waals surface area contributed by atoms with Gasteiger partial charge in [-0.15, -0.1) is 11.8 Å². The Bertz CT molecular complexity index is 309. The van der Waals surface area contributed by atoms with Gasteiger partial charge >= 0.3 is 0 Å². The third kappa shape index (κ3) is 3.88. The molecule has 0 aromatic heterocycles. The molecule has 0 fully saturated rings. The summed E-state index contributed by atoms with van der Waals surface area (Å²) in [7, 11) is 1.98. The highest BCUT2D eigenvalue weighted by Crippen LogP contribution is 2.28. The van der Waals surface area contributed by atoms with E-state index in [9.17, 15) is 0 Å². The molecule has 1 aromatic rings. The normalized spacial score (nSPS) is 12.8. The maximum atomic E-state index is 3.18. The average Bonchev–Trinajstić information content (AvgIpc) is 2.22. The Kier molecular flexibility index (Phi) is 5.20. The molecule has 2 heteroatoms. The predicted octanol–water partition coefficient (Wildman–Crippen LogP) is 3.61. The van der Waals surface area contributed by atoms with Crippen LogP contribution in [0.15, 0.2) is 23.1 Å². The summed E-state index contributed by atoms with van der Waals surface area (Å²) in [5.41, 5.74) is 2.76. The van der Waals surface area contributed by atoms with Crippen molar-refractivity contribution in [3.05, 3.63) is 29.3 Å². The lowest BCUT2D eigenvalue weighted by molar-refractivity contribution is 0.815. The molecule has 84 valence electrons. The van der Waals surface area contributed by atoms with Crippen molar-refractivity contribution in [1.29, 1.82) is 0 Å². The summed E-state index contributed by atoms with van der Waals surface area (Å²) in [5.74, 6) is 0. The number of hydrogen-bond acceptors (Lipinski definition) is 2. The zero-order chi connectivity index (χ0) is 11.3. The Labute approximate surface area is 97.7 Å². The van der Waals surface area contributed by atoms with Crippen molar-refractivity contribution >= 4 is 11.8 Å². The largest absolute Gasteiger partial charge is 0.316 e. The minimum atomic E-state index is 0.707. The van der Waals surface area contributed by atoms with Crippen LogP contribution in [0.2, 0.25) is 0 Å². The molecule has 15 heavy (non-hydrogen) atoms. The van der Waals surface area contributed by atoms with Crippen molar-refractivity contribution in [2.45, 2.75) is 43.9 Å². The Morgan fingerprint density at radius 1 is 1.40 bits per heavy atom. The molecule has 0 heterocycles. The molecule has 0 aliphatic carbocycles. The Morgan fingerprint density at radius 2 is 2.13 bits per heavy atom. The maximum Gasteiger partial charge on any atom is 0.0202 e. The highest BCUT2D eigenvalue weighted by atomic mass is 32.2. The van der Waals surface area contributed by atoms with Crippen molar-refractivity contribution in [1.82, 2.24) is 5.32 Å². The minimum absolute atomic E-state index is 0.707. The van der Waals surface area contributed by atoms with Crippen LogP contribution in [0.25, 0.3) is 0 Å². The van der Waals surface area contributed by atoms with Crippen LogP contribution < -0.4 is 5.32 Å². The number of hydrogen-bond donors (Lipinski definition) is 1. The Balaban J connectivity index is 2.74. The van der Waals surface area contributed by atoms with Crippen LogP contribution in [0.1, 0.15) is 31.4 Å². The van der Waals surface area contributed by atoms with E-state index in [1.165, 1.54) is 22.4 Å². The monoisotopic (exact) mass is 223 g/mol. The molecule has 1 rings (SSSR count). The summed E-state index contributed by atoms with van der Waals surface area (Å²) in [5, 5.41) is 3.88. The second-order valence-corrected chi connectivity index (χ2v) is 5.45.